The van der Waals surface area contributed by atoms with Gasteiger partial charge in [0.15, 0.2) is 0 Å². The van der Waals surface area contributed by atoms with Crippen molar-refractivity contribution in [2.75, 3.05) is 43.6 Å². The minimum absolute atomic E-state index is 0.0663. The van der Waals surface area contributed by atoms with Crippen LogP contribution >= 0.6 is 0 Å². The lowest BCUT2D eigenvalue weighted by atomic mass is 9.85. The maximum Gasteiger partial charge on any atom is 0.253 e. The van der Waals surface area contributed by atoms with Crippen molar-refractivity contribution in [1.29, 1.82) is 0 Å². The van der Waals surface area contributed by atoms with Crippen LogP contribution in [0, 0.1) is 5.92 Å². The minimum Gasteiger partial charge on any atom is -0.385 e. The van der Waals surface area contributed by atoms with Crippen LogP contribution in [0.5, 0.6) is 0 Å². The van der Waals surface area contributed by atoms with Crippen LogP contribution in [0.4, 0.5) is 11.4 Å². The van der Waals surface area contributed by atoms with Gasteiger partial charge in [-0.05, 0) is 50.3 Å². The molecule has 1 saturated heterocycles. The van der Waals surface area contributed by atoms with E-state index in [1.165, 1.54) is 0 Å². The van der Waals surface area contributed by atoms with Crippen LogP contribution in [0.1, 0.15) is 48.9 Å². The summed E-state index contributed by atoms with van der Waals surface area (Å²) in [5.74, 6) is 0.0963. The Bertz CT molecular complexity index is 637. The number of amides is 2. The number of nitrogens with one attached hydrogen (secondary N) is 2. The lowest BCUT2D eigenvalue weighted by Crippen LogP contribution is -2.30. The molecule has 3 rings (SSSR count). The second kappa shape index (κ2) is 9.03. The second-order valence-corrected chi connectivity index (χ2v) is 7.15. The first-order valence-corrected chi connectivity index (χ1v) is 9.66. The number of ether oxygens (including phenoxy) is 1. The molecule has 1 heterocycles. The van der Waals surface area contributed by atoms with Gasteiger partial charge in [0, 0.05) is 50.6 Å². The van der Waals surface area contributed by atoms with E-state index in [0.717, 1.165) is 57.3 Å². The van der Waals surface area contributed by atoms with E-state index in [9.17, 15) is 9.59 Å². The number of hydrogen-bond acceptors (Lipinski definition) is 4. The van der Waals surface area contributed by atoms with Gasteiger partial charge >= 0.3 is 0 Å². The molecular formula is C20H29N3O3. The average Bonchev–Trinajstić information content (AvgIpc) is 3.11. The van der Waals surface area contributed by atoms with Crippen molar-refractivity contribution in [3.8, 4) is 0 Å². The molecule has 1 saturated carbocycles. The third kappa shape index (κ3) is 4.55. The molecule has 1 aliphatic heterocycles. The van der Waals surface area contributed by atoms with Crippen LogP contribution in [-0.2, 0) is 9.53 Å². The quantitative estimate of drug-likeness (QED) is 0.700. The fourth-order valence-electron chi connectivity index (χ4n) is 3.46. The van der Waals surface area contributed by atoms with Crippen molar-refractivity contribution < 1.29 is 14.3 Å². The van der Waals surface area contributed by atoms with Crippen molar-refractivity contribution >= 4 is 23.2 Å². The summed E-state index contributed by atoms with van der Waals surface area (Å²) < 4.78 is 5.03. The summed E-state index contributed by atoms with van der Waals surface area (Å²) in [7, 11) is 1.65. The molecule has 0 aromatic heterocycles. The van der Waals surface area contributed by atoms with Crippen LogP contribution < -0.4 is 15.5 Å². The van der Waals surface area contributed by atoms with E-state index in [2.05, 4.69) is 15.5 Å². The maximum absolute atomic E-state index is 12.7. The molecule has 2 N–H and O–H groups in total. The molecule has 2 aliphatic rings. The number of rotatable bonds is 8. The van der Waals surface area contributed by atoms with Crippen molar-refractivity contribution in [1.82, 2.24) is 5.32 Å². The summed E-state index contributed by atoms with van der Waals surface area (Å²) in [6.45, 7) is 3.14. The van der Waals surface area contributed by atoms with Gasteiger partial charge in [-0.1, -0.05) is 6.42 Å². The summed E-state index contributed by atoms with van der Waals surface area (Å²) >= 11 is 0. The van der Waals surface area contributed by atoms with Crippen molar-refractivity contribution in [3.63, 3.8) is 0 Å². The number of nitrogens with zero attached hydrogens (tertiary/aromatic N) is 1. The zero-order valence-electron chi connectivity index (χ0n) is 15.6. The Labute approximate surface area is 155 Å². The highest BCUT2D eigenvalue weighted by Gasteiger charge is 2.26. The Morgan fingerprint density at radius 1 is 1.19 bits per heavy atom. The zero-order valence-corrected chi connectivity index (χ0v) is 15.6. The molecule has 0 unspecified atom stereocenters. The zero-order chi connectivity index (χ0) is 18.4. The Balaban J connectivity index is 1.73. The molecule has 26 heavy (non-hydrogen) atoms. The topological polar surface area (TPSA) is 70.7 Å². The molecule has 0 atom stereocenters. The van der Waals surface area contributed by atoms with Crippen molar-refractivity contribution in [2.24, 2.45) is 5.92 Å². The molecule has 2 amide bonds. The Kier molecular flexibility index (Phi) is 6.50. The minimum atomic E-state index is -0.0947. The standard InChI is InChI=1S/C20H29N3O3/c1-26-13-5-10-21-20(25)17-14-16(22-19(24)15-6-4-7-15)8-9-18(17)23-11-2-3-12-23/h8-9,14-15H,2-7,10-13H2,1H3,(H,21,25)(H,22,24). The highest BCUT2D eigenvalue weighted by Crippen LogP contribution is 2.30. The number of hydrogen-bond donors (Lipinski definition) is 2. The lowest BCUT2D eigenvalue weighted by molar-refractivity contribution is -0.122. The highest BCUT2D eigenvalue weighted by molar-refractivity contribution is 6.02. The Hall–Kier alpha value is -2.08. The van der Waals surface area contributed by atoms with Gasteiger partial charge in [-0.25, -0.2) is 0 Å². The number of anilines is 2. The van der Waals surface area contributed by atoms with E-state index in [0.29, 0.717) is 24.4 Å². The third-order valence-electron chi connectivity index (χ3n) is 5.24. The van der Waals surface area contributed by atoms with Crippen LogP contribution in [0.2, 0.25) is 0 Å². The monoisotopic (exact) mass is 359 g/mol. The number of benzene rings is 1. The summed E-state index contributed by atoms with van der Waals surface area (Å²) in [5.41, 5.74) is 2.29. The fourth-order valence-corrected chi connectivity index (χ4v) is 3.46. The third-order valence-corrected chi connectivity index (χ3v) is 5.24. The largest absolute Gasteiger partial charge is 0.385 e. The van der Waals surface area contributed by atoms with Gasteiger partial charge in [-0.3, -0.25) is 9.59 Å². The second-order valence-electron chi connectivity index (χ2n) is 7.15. The van der Waals surface area contributed by atoms with Gasteiger partial charge in [0.25, 0.3) is 5.91 Å². The molecule has 2 fully saturated rings. The smallest absolute Gasteiger partial charge is 0.253 e. The van der Waals surface area contributed by atoms with E-state index < -0.39 is 0 Å². The molecule has 0 bridgehead atoms. The van der Waals surface area contributed by atoms with E-state index in [1.807, 2.05) is 18.2 Å². The number of carbonyl (C=O) groups is 2. The molecule has 1 aliphatic carbocycles. The highest BCUT2D eigenvalue weighted by atomic mass is 16.5. The number of methoxy groups -OCH3 is 1. The van der Waals surface area contributed by atoms with Crippen molar-refractivity contribution in [3.05, 3.63) is 23.8 Å². The molecule has 6 heteroatoms. The molecule has 0 spiro atoms. The predicted octanol–water partition coefficient (Wildman–Crippen LogP) is 2.79. The van der Waals surface area contributed by atoms with E-state index in [-0.39, 0.29) is 17.7 Å². The fraction of sp³-hybridized carbons (Fsp3) is 0.600. The molecular weight excluding hydrogens is 330 g/mol. The van der Waals surface area contributed by atoms with Gasteiger partial charge in [0.05, 0.1) is 5.56 Å². The molecule has 1 aromatic carbocycles. The van der Waals surface area contributed by atoms with Crippen LogP contribution in [0.25, 0.3) is 0 Å². The van der Waals surface area contributed by atoms with E-state index in [1.54, 1.807) is 7.11 Å². The van der Waals surface area contributed by atoms with Crippen molar-refractivity contribution in [2.45, 2.75) is 38.5 Å². The van der Waals surface area contributed by atoms with E-state index >= 15 is 0 Å². The first-order valence-electron chi connectivity index (χ1n) is 9.66. The van der Waals surface area contributed by atoms with E-state index in [4.69, 9.17) is 4.74 Å². The molecule has 0 radical (unpaired) electrons. The maximum atomic E-state index is 12.7. The molecule has 1 aromatic rings. The van der Waals surface area contributed by atoms with Crippen LogP contribution in [0.3, 0.4) is 0 Å². The van der Waals surface area contributed by atoms with Gasteiger partial charge in [-0.15, -0.1) is 0 Å². The normalized spacial score (nSPS) is 17.0. The first kappa shape index (κ1) is 18.7. The Morgan fingerprint density at radius 2 is 1.96 bits per heavy atom. The van der Waals surface area contributed by atoms with Gasteiger partial charge in [0.2, 0.25) is 5.91 Å². The summed E-state index contributed by atoms with van der Waals surface area (Å²) in [5, 5.41) is 5.94. The molecule has 142 valence electrons. The Morgan fingerprint density at radius 3 is 2.62 bits per heavy atom. The molecule has 6 nitrogen and oxygen atoms in total. The lowest BCUT2D eigenvalue weighted by Gasteiger charge is -2.25. The number of carbonyl (C=O) groups excluding carboxylic acids is 2. The predicted molar refractivity (Wildman–Crippen MR) is 103 cm³/mol. The first-order chi connectivity index (χ1) is 12.7. The summed E-state index contributed by atoms with van der Waals surface area (Å²) in [6, 6.07) is 5.69. The average molecular weight is 359 g/mol. The van der Waals surface area contributed by atoms with Crippen LogP contribution in [-0.4, -0.2) is 45.2 Å². The van der Waals surface area contributed by atoms with Gasteiger partial charge in [0.1, 0.15) is 0 Å². The summed E-state index contributed by atoms with van der Waals surface area (Å²) in [4.78, 5) is 27.2. The van der Waals surface area contributed by atoms with Crippen LogP contribution in [0.15, 0.2) is 18.2 Å². The SMILES string of the molecule is COCCCNC(=O)c1cc(NC(=O)C2CCC2)ccc1N1CCCC1. The van der Waals surface area contributed by atoms with Gasteiger partial charge < -0.3 is 20.3 Å². The van der Waals surface area contributed by atoms with Gasteiger partial charge in [-0.2, -0.15) is 0 Å². The summed E-state index contributed by atoms with van der Waals surface area (Å²) in [6.07, 6.45) is 6.12.